The summed E-state index contributed by atoms with van der Waals surface area (Å²) in [4.78, 5) is 24.2. The van der Waals surface area contributed by atoms with Gasteiger partial charge in [-0.1, -0.05) is 6.07 Å². The minimum Gasteiger partial charge on any atom is -0.423 e. The summed E-state index contributed by atoms with van der Waals surface area (Å²) in [6, 6.07) is 5.17. The number of hydrogen-bond donors (Lipinski definition) is 2. The number of nitrogens with zero attached hydrogens (tertiary/aromatic N) is 4. The molecule has 0 saturated heterocycles. The Morgan fingerprint density at radius 1 is 1.23 bits per heavy atom. The molecule has 0 aliphatic rings. The van der Waals surface area contributed by atoms with Crippen molar-refractivity contribution in [3.05, 3.63) is 58.0 Å². The highest BCUT2D eigenvalue weighted by atomic mass is 16.5. The molecule has 7 heteroatoms. The van der Waals surface area contributed by atoms with Gasteiger partial charge in [-0.15, -0.1) is 4.73 Å². The van der Waals surface area contributed by atoms with E-state index >= 15 is 0 Å². The molecule has 3 heterocycles. The van der Waals surface area contributed by atoms with E-state index in [1.807, 2.05) is 19.1 Å². The Bertz CT molecular complexity index is 904. The summed E-state index contributed by atoms with van der Waals surface area (Å²) < 4.78 is 0.532. The van der Waals surface area contributed by atoms with Gasteiger partial charge < -0.3 is 10.5 Å². The summed E-state index contributed by atoms with van der Waals surface area (Å²) in [6.07, 6.45) is 3.05. The number of fused-ring (bicyclic) bond motifs is 1. The Labute approximate surface area is 126 Å². The molecular formula is C15H15N5O2. The van der Waals surface area contributed by atoms with Gasteiger partial charge in [0.25, 0.3) is 5.56 Å². The molecule has 0 radical (unpaired) electrons. The van der Waals surface area contributed by atoms with Gasteiger partial charge >= 0.3 is 0 Å². The van der Waals surface area contributed by atoms with Crippen LogP contribution in [-0.2, 0) is 6.54 Å². The Kier molecular flexibility index (Phi) is 3.46. The SMILES string of the molecule is Cc1ncccc1CNc1cc(=O)n(O)c2ncnc(C)c12. The van der Waals surface area contributed by atoms with Crippen molar-refractivity contribution in [2.75, 3.05) is 5.32 Å². The van der Waals surface area contributed by atoms with Crippen LogP contribution in [0.25, 0.3) is 11.0 Å². The molecule has 0 aromatic carbocycles. The largest absolute Gasteiger partial charge is 0.423 e. The second kappa shape index (κ2) is 5.44. The fourth-order valence-corrected chi connectivity index (χ4v) is 2.33. The lowest BCUT2D eigenvalue weighted by Gasteiger charge is -2.12. The van der Waals surface area contributed by atoms with Crippen molar-refractivity contribution in [2.45, 2.75) is 20.4 Å². The number of aromatic nitrogens is 4. The van der Waals surface area contributed by atoms with Crippen LogP contribution in [0.4, 0.5) is 5.69 Å². The van der Waals surface area contributed by atoms with Crippen LogP contribution in [-0.4, -0.2) is 24.9 Å². The first kappa shape index (κ1) is 14.0. The van der Waals surface area contributed by atoms with Crippen molar-refractivity contribution < 1.29 is 5.21 Å². The number of aryl methyl sites for hydroxylation is 2. The molecule has 0 saturated carbocycles. The Morgan fingerprint density at radius 3 is 2.82 bits per heavy atom. The highest BCUT2D eigenvalue weighted by molar-refractivity contribution is 5.90. The average Bonchev–Trinajstić information content (AvgIpc) is 2.51. The maximum Gasteiger partial charge on any atom is 0.286 e. The van der Waals surface area contributed by atoms with Crippen LogP contribution in [0, 0.1) is 13.8 Å². The standard InChI is InChI=1S/C15H15N5O2/c1-9-11(4-3-5-16-9)7-17-12-6-13(21)20(22)15-14(12)10(2)18-8-19-15/h3-6,8,17,22H,7H2,1-2H3. The van der Waals surface area contributed by atoms with E-state index in [1.165, 1.54) is 12.4 Å². The molecule has 0 unspecified atom stereocenters. The lowest BCUT2D eigenvalue weighted by Crippen LogP contribution is -2.20. The number of rotatable bonds is 3. The van der Waals surface area contributed by atoms with Crippen molar-refractivity contribution in [1.29, 1.82) is 0 Å². The number of nitrogens with one attached hydrogen (secondary N) is 1. The van der Waals surface area contributed by atoms with Crippen molar-refractivity contribution in [2.24, 2.45) is 0 Å². The first-order valence-corrected chi connectivity index (χ1v) is 6.79. The Balaban J connectivity index is 2.06. The number of anilines is 1. The van der Waals surface area contributed by atoms with Crippen molar-refractivity contribution in [3.8, 4) is 0 Å². The quantitative estimate of drug-likeness (QED) is 0.714. The van der Waals surface area contributed by atoms with Gasteiger partial charge in [-0.3, -0.25) is 9.78 Å². The van der Waals surface area contributed by atoms with Crippen molar-refractivity contribution in [1.82, 2.24) is 19.7 Å². The molecular weight excluding hydrogens is 282 g/mol. The first-order chi connectivity index (χ1) is 10.6. The Hall–Kier alpha value is -2.96. The summed E-state index contributed by atoms with van der Waals surface area (Å²) >= 11 is 0. The minimum atomic E-state index is -0.545. The van der Waals surface area contributed by atoms with Crippen LogP contribution < -0.4 is 10.9 Å². The summed E-state index contributed by atoms with van der Waals surface area (Å²) in [5.74, 6) is 0. The molecule has 0 aliphatic carbocycles. The predicted octanol–water partition coefficient (Wildman–Crippen LogP) is 1.65. The molecule has 7 nitrogen and oxygen atoms in total. The fraction of sp³-hybridized carbons (Fsp3) is 0.200. The molecule has 0 fully saturated rings. The fourth-order valence-electron chi connectivity index (χ4n) is 2.33. The number of pyridine rings is 2. The van der Waals surface area contributed by atoms with Gasteiger partial charge in [-0.25, -0.2) is 9.97 Å². The van der Waals surface area contributed by atoms with Crippen molar-refractivity contribution >= 4 is 16.7 Å². The third-order valence-corrected chi connectivity index (χ3v) is 3.55. The van der Waals surface area contributed by atoms with Crippen LogP contribution in [0.3, 0.4) is 0 Å². The van der Waals surface area contributed by atoms with Gasteiger partial charge in [0.15, 0.2) is 5.65 Å². The van der Waals surface area contributed by atoms with Gasteiger partial charge in [-0.05, 0) is 25.5 Å². The molecule has 0 amide bonds. The lowest BCUT2D eigenvalue weighted by molar-refractivity contribution is 0.186. The molecule has 3 rings (SSSR count). The summed E-state index contributed by atoms with van der Waals surface area (Å²) in [7, 11) is 0. The second-order valence-corrected chi connectivity index (χ2v) is 4.97. The highest BCUT2D eigenvalue weighted by Crippen LogP contribution is 2.22. The number of hydrogen-bond acceptors (Lipinski definition) is 6. The molecule has 0 atom stereocenters. The normalized spacial score (nSPS) is 10.8. The lowest BCUT2D eigenvalue weighted by atomic mass is 10.2. The Morgan fingerprint density at radius 2 is 2.05 bits per heavy atom. The molecule has 0 aliphatic heterocycles. The van der Waals surface area contributed by atoms with E-state index in [9.17, 15) is 10.0 Å². The van der Waals surface area contributed by atoms with Crippen LogP contribution >= 0.6 is 0 Å². The zero-order valence-electron chi connectivity index (χ0n) is 12.2. The monoisotopic (exact) mass is 297 g/mol. The molecule has 0 bridgehead atoms. The van der Waals surface area contributed by atoms with E-state index in [4.69, 9.17) is 0 Å². The topological polar surface area (TPSA) is 92.9 Å². The van der Waals surface area contributed by atoms with Crippen LogP contribution in [0.15, 0.2) is 35.5 Å². The van der Waals surface area contributed by atoms with Gasteiger partial charge in [-0.2, -0.15) is 0 Å². The van der Waals surface area contributed by atoms with Crippen LogP contribution in [0.2, 0.25) is 0 Å². The maximum absolute atomic E-state index is 11.8. The molecule has 2 N–H and O–H groups in total. The van der Waals surface area contributed by atoms with Gasteiger partial charge in [0.2, 0.25) is 0 Å². The third kappa shape index (κ3) is 2.37. The zero-order chi connectivity index (χ0) is 15.7. The van der Waals surface area contributed by atoms with E-state index in [-0.39, 0.29) is 5.65 Å². The van der Waals surface area contributed by atoms with Crippen molar-refractivity contribution in [3.63, 3.8) is 0 Å². The van der Waals surface area contributed by atoms with Gasteiger partial charge in [0.1, 0.15) is 6.33 Å². The summed E-state index contributed by atoms with van der Waals surface area (Å²) in [6.45, 7) is 4.24. The third-order valence-electron chi connectivity index (χ3n) is 3.55. The molecule has 3 aromatic heterocycles. The van der Waals surface area contributed by atoms with E-state index in [2.05, 4.69) is 20.3 Å². The van der Waals surface area contributed by atoms with Crippen LogP contribution in [0.1, 0.15) is 17.0 Å². The zero-order valence-corrected chi connectivity index (χ0v) is 12.2. The highest BCUT2D eigenvalue weighted by Gasteiger charge is 2.12. The smallest absolute Gasteiger partial charge is 0.286 e. The molecule has 3 aromatic rings. The van der Waals surface area contributed by atoms with E-state index in [0.717, 1.165) is 11.3 Å². The first-order valence-electron chi connectivity index (χ1n) is 6.79. The van der Waals surface area contributed by atoms with E-state index in [0.29, 0.717) is 28.0 Å². The second-order valence-electron chi connectivity index (χ2n) is 4.97. The summed E-state index contributed by atoms with van der Waals surface area (Å²) in [5, 5.41) is 13.6. The van der Waals surface area contributed by atoms with Crippen LogP contribution in [0.5, 0.6) is 0 Å². The summed E-state index contributed by atoms with van der Waals surface area (Å²) in [5.41, 5.74) is 2.85. The predicted molar refractivity (Wildman–Crippen MR) is 82.0 cm³/mol. The molecule has 22 heavy (non-hydrogen) atoms. The molecule has 112 valence electrons. The van der Waals surface area contributed by atoms with E-state index in [1.54, 1.807) is 13.1 Å². The van der Waals surface area contributed by atoms with Gasteiger partial charge in [0, 0.05) is 24.5 Å². The van der Waals surface area contributed by atoms with Gasteiger partial charge in [0.05, 0.1) is 16.8 Å². The maximum atomic E-state index is 11.8. The minimum absolute atomic E-state index is 0.186. The molecule has 0 spiro atoms. The van der Waals surface area contributed by atoms with E-state index < -0.39 is 5.56 Å². The average molecular weight is 297 g/mol.